The van der Waals surface area contributed by atoms with Crippen LogP contribution in [0.1, 0.15) is 48.2 Å². The van der Waals surface area contributed by atoms with E-state index in [1.165, 1.54) is 0 Å². The average molecular weight is 368 g/mol. The molecule has 2 aromatic carbocycles. The van der Waals surface area contributed by atoms with E-state index in [2.05, 4.69) is 17.6 Å². The molecule has 0 heterocycles. The van der Waals surface area contributed by atoms with Crippen molar-refractivity contribution >= 4 is 23.3 Å². The van der Waals surface area contributed by atoms with Crippen LogP contribution in [0.3, 0.4) is 0 Å². The molecular formula is C22H28N2O3. The maximum absolute atomic E-state index is 12.5. The first kappa shape index (κ1) is 20.5. The summed E-state index contributed by atoms with van der Waals surface area (Å²) in [6.45, 7) is 7.78. The van der Waals surface area contributed by atoms with Gasteiger partial charge >= 0.3 is 5.97 Å². The Hall–Kier alpha value is -2.82. The largest absolute Gasteiger partial charge is 0.452 e. The third-order valence-corrected chi connectivity index (χ3v) is 4.48. The van der Waals surface area contributed by atoms with Gasteiger partial charge < -0.3 is 15.4 Å². The second-order valence-electron chi connectivity index (χ2n) is 6.75. The highest BCUT2D eigenvalue weighted by Gasteiger charge is 2.16. The first-order chi connectivity index (χ1) is 12.9. The number of para-hydroxylation sites is 1. The number of aryl methyl sites for hydroxylation is 1. The van der Waals surface area contributed by atoms with Crippen molar-refractivity contribution < 1.29 is 14.3 Å². The molecule has 0 aliphatic rings. The van der Waals surface area contributed by atoms with Gasteiger partial charge in [-0.05, 0) is 56.5 Å². The molecule has 5 heteroatoms. The number of esters is 1. The van der Waals surface area contributed by atoms with E-state index in [1.54, 1.807) is 12.1 Å². The minimum atomic E-state index is -0.526. The number of hydrogen-bond donors (Lipinski definition) is 2. The van der Waals surface area contributed by atoms with Gasteiger partial charge in [0.15, 0.2) is 6.61 Å². The van der Waals surface area contributed by atoms with E-state index >= 15 is 0 Å². The number of carbonyl (C=O) groups excluding carboxylic acids is 2. The van der Waals surface area contributed by atoms with Gasteiger partial charge in [-0.3, -0.25) is 4.79 Å². The van der Waals surface area contributed by atoms with Gasteiger partial charge in [-0.15, -0.1) is 0 Å². The zero-order chi connectivity index (χ0) is 19.8. The lowest BCUT2D eigenvalue weighted by Crippen LogP contribution is -2.35. The van der Waals surface area contributed by atoms with Crippen LogP contribution >= 0.6 is 0 Å². The molecule has 0 aromatic heterocycles. The smallest absolute Gasteiger partial charge is 0.340 e. The van der Waals surface area contributed by atoms with Crippen molar-refractivity contribution in [3.63, 3.8) is 0 Å². The molecule has 0 aliphatic heterocycles. The van der Waals surface area contributed by atoms with Gasteiger partial charge in [-0.1, -0.05) is 37.6 Å². The van der Waals surface area contributed by atoms with Crippen LogP contribution in [-0.4, -0.2) is 24.5 Å². The highest BCUT2D eigenvalue weighted by molar-refractivity contribution is 5.97. The fourth-order valence-corrected chi connectivity index (χ4v) is 2.83. The maximum atomic E-state index is 12.5. The minimum absolute atomic E-state index is 0.0689. The van der Waals surface area contributed by atoms with Crippen LogP contribution in [0.25, 0.3) is 0 Å². The quantitative estimate of drug-likeness (QED) is 0.673. The lowest BCUT2D eigenvalue weighted by atomic mass is 10.1. The van der Waals surface area contributed by atoms with Crippen LogP contribution in [0.4, 0.5) is 11.4 Å². The molecule has 0 saturated heterocycles. The summed E-state index contributed by atoms with van der Waals surface area (Å²) < 4.78 is 5.21. The van der Waals surface area contributed by atoms with E-state index in [1.807, 2.05) is 51.1 Å². The third-order valence-electron chi connectivity index (χ3n) is 4.48. The van der Waals surface area contributed by atoms with Crippen LogP contribution in [0.2, 0.25) is 0 Å². The fraction of sp³-hybridized carbons (Fsp3) is 0.364. The molecule has 144 valence electrons. The van der Waals surface area contributed by atoms with Gasteiger partial charge in [0.1, 0.15) is 0 Å². The van der Waals surface area contributed by atoms with E-state index in [0.717, 1.165) is 29.7 Å². The maximum Gasteiger partial charge on any atom is 0.340 e. The van der Waals surface area contributed by atoms with E-state index in [9.17, 15) is 9.59 Å². The van der Waals surface area contributed by atoms with Gasteiger partial charge in [0.05, 0.1) is 11.3 Å². The van der Waals surface area contributed by atoms with Crippen LogP contribution in [0.15, 0.2) is 42.5 Å². The van der Waals surface area contributed by atoms with Crippen molar-refractivity contribution in [3.05, 3.63) is 59.2 Å². The number of hydrogen-bond acceptors (Lipinski definition) is 4. The number of nitrogens with one attached hydrogen (secondary N) is 2. The van der Waals surface area contributed by atoms with E-state index in [-0.39, 0.29) is 18.6 Å². The molecule has 2 aromatic rings. The van der Waals surface area contributed by atoms with Crippen LogP contribution in [0, 0.1) is 13.8 Å². The van der Waals surface area contributed by atoms with Crippen molar-refractivity contribution in [1.82, 2.24) is 5.32 Å². The summed E-state index contributed by atoms with van der Waals surface area (Å²) in [6.07, 6.45) is 1.88. The Balaban J connectivity index is 2.05. The Labute approximate surface area is 161 Å². The molecule has 1 atom stereocenters. The normalized spacial score (nSPS) is 11.6. The molecule has 0 unspecified atom stereocenters. The fourth-order valence-electron chi connectivity index (χ4n) is 2.83. The predicted molar refractivity (Wildman–Crippen MR) is 108 cm³/mol. The van der Waals surface area contributed by atoms with Crippen LogP contribution < -0.4 is 10.6 Å². The first-order valence-corrected chi connectivity index (χ1v) is 9.31. The Morgan fingerprint density at radius 2 is 1.74 bits per heavy atom. The molecule has 0 radical (unpaired) electrons. The molecule has 0 bridgehead atoms. The van der Waals surface area contributed by atoms with Gasteiger partial charge in [0, 0.05) is 11.7 Å². The van der Waals surface area contributed by atoms with Crippen LogP contribution in [-0.2, 0) is 9.53 Å². The highest BCUT2D eigenvalue weighted by Crippen LogP contribution is 2.25. The number of amides is 1. The molecule has 0 aliphatic carbocycles. The number of benzene rings is 2. The predicted octanol–water partition coefficient (Wildman–Crippen LogP) is 4.51. The molecular weight excluding hydrogens is 340 g/mol. The molecule has 0 saturated carbocycles. The molecule has 1 amide bonds. The summed E-state index contributed by atoms with van der Waals surface area (Å²) in [4.78, 5) is 24.4. The average Bonchev–Trinajstić information content (AvgIpc) is 2.64. The Kier molecular flexibility index (Phi) is 7.41. The summed E-state index contributed by atoms with van der Waals surface area (Å²) in [5.41, 5.74) is 4.26. The summed E-state index contributed by atoms with van der Waals surface area (Å²) in [5, 5.41) is 6.12. The lowest BCUT2D eigenvalue weighted by Gasteiger charge is -2.15. The zero-order valence-corrected chi connectivity index (χ0v) is 16.5. The summed E-state index contributed by atoms with van der Waals surface area (Å²) >= 11 is 0. The van der Waals surface area contributed by atoms with Crippen molar-refractivity contribution in [2.45, 2.75) is 46.6 Å². The first-order valence-electron chi connectivity index (χ1n) is 9.31. The number of ether oxygens (including phenoxy) is 1. The molecule has 27 heavy (non-hydrogen) atoms. The molecule has 2 rings (SSSR count). The molecule has 5 nitrogen and oxygen atoms in total. The van der Waals surface area contributed by atoms with E-state index < -0.39 is 5.97 Å². The lowest BCUT2D eigenvalue weighted by molar-refractivity contribution is -0.124. The number of carbonyl (C=O) groups is 2. The van der Waals surface area contributed by atoms with Gasteiger partial charge in [-0.25, -0.2) is 4.79 Å². The number of anilines is 2. The minimum Gasteiger partial charge on any atom is -0.452 e. The van der Waals surface area contributed by atoms with Gasteiger partial charge in [0.2, 0.25) is 0 Å². The van der Waals surface area contributed by atoms with Crippen molar-refractivity contribution in [1.29, 1.82) is 0 Å². The molecule has 0 spiro atoms. The third kappa shape index (κ3) is 5.84. The highest BCUT2D eigenvalue weighted by atomic mass is 16.5. The Morgan fingerprint density at radius 1 is 1.04 bits per heavy atom. The second kappa shape index (κ2) is 9.76. The van der Waals surface area contributed by atoms with Crippen LogP contribution in [0.5, 0.6) is 0 Å². The second-order valence-corrected chi connectivity index (χ2v) is 6.75. The van der Waals surface area contributed by atoms with Gasteiger partial charge in [-0.2, -0.15) is 0 Å². The topological polar surface area (TPSA) is 67.4 Å². The standard InChI is InChI=1S/C22H28N2O3/c1-5-9-16(3)23-21(25)14-27-22(26)18-11-6-7-12-20(18)24-19-13-8-10-15(2)17(19)4/h6-8,10-13,16,24H,5,9,14H2,1-4H3,(H,23,25)/t16-/m0/s1. The van der Waals surface area contributed by atoms with Gasteiger partial charge in [0.25, 0.3) is 5.91 Å². The van der Waals surface area contributed by atoms with Crippen molar-refractivity contribution in [2.24, 2.45) is 0 Å². The monoisotopic (exact) mass is 368 g/mol. The summed E-state index contributed by atoms with van der Waals surface area (Å²) in [6, 6.07) is 13.2. The van der Waals surface area contributed by atoms with Crippen molar-refractivity contribution in [2.75, 3.05) is 11.9 Å². The van der Waals surface area contributed by atoms with E-state index in [4.69, 9.17) is 4.74 Å². The summed E-state index contributed by atoms with van der Waals surface area (Å²) in [5.74, 6) is -0.814. The number of rotatable bonds is 8. The SMILES string of the molecule is CCC[C@H](C)NC(=O)COC(=O)c1ccccc1Nc1cccc(C)c1C. The van der Waals surface area contributed by atoms with Crippen molar-refractivity contribution in [3.8, 4) is 0 Å². The van der Waals surface area contributed by atoms with E-state index in [0.29, 0.717) is 11.3 Å². The Bertz CT molecular complexity index is 802. The summed E-state index contributed by atoms with van der Waals surface area (Å²) in [7, 11) is 0. The Morgan fingerprint density at radius 3 is 2.48 bits per heavy atom. The molecule has 0 fully saturated rings. The zero-order valence-electron chi connectivity index (χ0n) is 16.5. The molecule has 2 N–H and O–H groups in total.